The largest absolute Gasteiger partial charge is 0.444 e. The number of nitrogens with zero attached hydrogens (tertiary/aromatic N) is 3. The number of ether oxygens (including phenoxy) is 3. The Morgan fingerprint density at radius 2 is 1.79 bits per heavy atom. The van der Waals surface area contributed by atoms with Crippen molar-refractivity contribution in [3.63, 3.8) is 0 Å². The van der Waals surface area contributed by atoms with Crippen LogP contribution in [0.4, 0.5) is 9.93 Å². The molecule has 1 saturated heterocycles. The van der Waals surface area contributed by atoms with E-state index >= 15 is 0 Å². The smallest absolute Gasteiger partial charge is 0.408 e. The lowest BCUT2D eigenvalue weighted by Crippen LogP contribution is -2.70. The van der Waals surface area contributed by atoms with Crippen LogP contribution < -0.4 is 16.0 Å². The van der Waals surface area contributed by atoms with Gasteiger partial charge >= 0.3 is 18.0 Å². The summed E-state index contributed by atoms with van der Waals surface area (Å²) in [6, 6.07) is -1.95. The average molecular weight is 697 g/mol. The summed E-state index contributed by atoms with van der Waals surface area (Å²) in [4.78, 5) is 86.6. The van der Waals surface area contributed by atoms with E-state index in [-0.39, 0.29) is 28.2 Å². The second-order valence-corrected chi connectivity index (χ2v) is 14.7. The topological polar surface area (TPSA) is 204 Å². The molecule has 0 saturated carbocycles. The van der Waals surface area contributed by atoms with E-state index in [4.69, 9.17) is 19.0 Å². The van der Waals surface area contributed by atoms with Gasteiger partial charge in [0.2, 0.25) is 12.7 Å². The average Bonchev–Trinajstić information content (AvgIpc) is 3.42. The summed E-state index contributed by atoms with van der Waals surface area (Å²) < 4.78 is 15.3. The minimum Gasteiger partial charge on any atom is -0.444 e. The third-order valence-corrected chi connectivity index (χ3v) is 8.27. The van der Waals surface area contributed by atoms with Crippen molar-refractivity contribution < 1.29 is 47.8 Å². The highest BCUT2D eigenvalue weighted by Gasteiger charge is 2.53. The van der Waals surface area contributed by atoms with Crippen LogP contribution >= 0.6 is 23.1 Å². The summed E-state index contributed by atoms with van der Waals surface area (Å²) in [5, 5.41) is 12.5. The Hall–Kier alpha value is -4.19. The second kappa shape index (κ2) is 15.1. The molecule has 16 nitrogen and oxygen atoms in total. The standard InChI is InChI=1S/C29H40N6O10S2/c1-14(2)17(32-27(41)45-29(6,7)8)20(36)33-26-30-15(12-47-26)18(34-42-9)21(37)31-19-22(38)35-16(10-11-46-23(19)35)24(39)43-13-44-25(40)28(3,4)5/h10,12,14,17,19,23H,11,13H2,1-9H3,(H,31,37)(H,32,41)(H,30,33,36)/b34-18-/t17-,19+,23+/m0/s1. The Labute approximate surface area is 280 Å². The molecule has 3 atom stereocenters. The van der Waals surface area contributed by atoms with Crippen LogP contribution in [0.3, 0.4) is 0 Å². The number of hydrogen-bond acceptors (Lipinski definition) is 14. The van der Waals surface area contributed by atoms with Crippen LogP contribution in [-0.4, -0.2) is 94.1 Å². The summed E-state index contributed by atoms with van der Waals surface area (Å²) in [7, 11) is 1.23. The van der Waals surface area contributed by atoms with Crippen molar-refractivity contribution in [2.75, 3.05) is 25.0 Å². The molecular weight excluding hydrogens is 656 g/mol. The summed E-state index contributed by atoms with van der Waals surface area (Å²) in [6.07, 6.45) is 0.763. The van der Waals surface area contributed by atoms with E-state index in [1.165, 1.54) is 35.2 Å². The minimum absolute atomic E-state index is 0.0254. The first kappa shape index (κ1) is 37.3. The molecule has 0 aromatic carbocycles. The van der Waals surface area contributed by atoms with Gasteiger partial charge < -0.3 is 35.0 Å². The molecule has 3 N–H and O–H groups in total. The molecule has 2 aliphatic rings. The number of aromatic nitrogens is 1. The summed E-state index contributed by atoms with van der Waals surface area (Å²) in [5.74, 6) is -3.25. The third kappa shape index (κ3) is 9.66. The van der Waals surface area contributed by atoms with Gasteiger partial charge in [0, 0.05) is 11.1 Å². The lowest BCUT2D eigenvalue weighted by Gasteiger charge is -2.48. The third-order valence-electron chi connectivity index (χ3n) is 6.33. The molecule has 258 valence electrons. The van der Waals surface area contributed by atoms with Crippen LogP contribution in [-0.2, 0) is 43.0 Å². The van der Waals surface area contributed by atoms with Gasteiger partial charge in [0.1, 0.15) is 41.6 Å². The van der Waals surface area contributed by atoms with Crippen molar-refractivity contribution in [2.45, 2.75) is 78.4 Å². The number of carbonyl (C=O) groups is 6. The molecule has 0 spiro atoms. The van der Waals surface area contributed by atoms with Crippen molar-refractivity contribution in [1.82, 2.24) is 20.5 Å². The highest BCUT2D eigenvalue weighted by Crippen LogP contribution is 2.38. The minimum atomic E-state index is -1.01. The predicted octanol–water partition coefficient (Wildman–Crippen LogP) is 2.36. The Kier molecular flexibility index (Phi) is 12.0. The van der Waals surface area contributed by atoms with E-state index < -0.39 is 71.0 Å². The molecule has 0 unspecified atom stereocenters. The molecule has 47 heavy (non-hydrogen) atoms. The quantitative estimate of drug-likeness (QED) is 0.100. The number of fused-ring (bicyclic) bond motifs is 1. The number of alkyl carbamates (subject to hydrolysis) is 1. The zero-order valence-electron chi connectivity index (χ0n) is 27.6. The molecule has 0 radical (unpaired) electrons. The fraction of sp³-hybridized carbons (Fsp3) is 0.586. The van der Waals surface area contributed by atoms with Gasteiger partial charge in [-0.05, 0) is 53.5 Å². The van der Waals surface area contributed by atoms with Gasteiger partial charge in [-0.3, -0.25) is 24.1 Å². The lowest BCUT2D eigenvalue weighted by atomic mass is 9.98. The summed E-state index contributed by atoms with van der Waals surface area (Å²) in [5.41, 5.74) is -1.77. The maximum Gasteiger partial charge on any atom is 0.408 e. The van der Waals surface area contributed by atoms with Crippen molar-refractivity contribution in [1.29, 1.82) is 0 Å². The Morgan fingerprint density at radius 3 is 2.38 bits per heavy atom. The van der Waals surface area contributed by atoms with E-state index in [0.29, 0.717) is 5.75 Å². The van der Waals surface area contributed by atoms with Crippen LogP contribution in [0.25, 0.3) is 0 Å². The number of amides is 4. The van der Waals surface area contributed by atoms with Crippen LogP contribution in [0.15, 0.2) is 22.3 Å². The van der Waals surface area contributed by atoms with E-state index in [1.807, 2.05) is 0 Å². The molecule has 1 aromatic heterocycles. The van der Waals surface area contributed by atoms with Crippen molar-refractivity contribution in [2.24, 2.45) is 16.5 Å². The SMILES string of the molecule is CO/N=C(\C(=O)N[C@@H]1C(=O)N2C(C(=O)OCOC(=O)C(C)(C)C)=CCS[C@H]12)c1csc(NC(=O)[C@@H](NC(=O)OC(C)(C)C)C(C)C)n1. The zero-order chi connectivity index (χ0) is 35.3. The zero-order valence-corrected chi connectivity index (χ0v) is 29.3. The van der Waals surface area contributed by atoms with Crippen LogP contribution in [0.5, 0.6) is 0 Å². The summed E-state index contributed by atoms with van der Waals surface area (Å²) in [6.45, 7) is 13.0. The number of β-lactam (4-membered cyclic amide) rings is 1. The normalized spacial score (nSPS) is 18.6. The van der Waals surface area contributed by atoms with E-state index in [2.05, 4.69) is 26.1 Å². The van der Waals surface area contributed by atoms with Gasteiger partial charge in [0.25, 0.3) is 11.8 Å². The van der Waals surface area contributed by atoms with Crippen LogP contribution in [0, 0.1) is 11.3 Å². The molecule has 4 amide bonds. The molecule has 18 heteroatoms. The fourth-order valence-electron chi connectivity index (χ4n) is 4.05. The van der Waals surface area contributed by atoms with E-state index in [9.17, 15) is 28.8 Å². The Morgan fingerprint density at radius 1 is 1.11 bits per heavy atom. The van der Waals surface area contributed by atoms with Crippen LogP contribution in [0.2, 0.25) is 0 Å². The first-order valence-corrected chi connectivity index (χ1v) is 16.4. The van der Waals surface area contributed by atoms with Crippen molar-refractivity contribution in [3.8, 4) is 0 Å². The first-order valence-electron chi connectivity index (χ1n) is 14.5. The van der Waals surface area contributed by atoms with E-state index in [0.717, 1.165) is 11.3 Å². The molecule has 1 aromatic rings. The van der Waals surface area contributed by atoms with Gasteiger partial charge in [-0.2, -0.15) is 0 Å². The number of thioether (sulfide) groups is 1. The number of nitrogens with one attached hydrogen (secondary N) is 3. The van der Waals surface area contributed by atoms with Gasteiger partial charge in [-0.1, -0.05) is 19.0 Å². The van der Waals surface area contributed by atoms with Gasteiger partial charge in [-0.25, -0.2) is 14.6 Å². The number of rotatable bonds is 11. The van der Waals surface area contributed by atoms with Crippen LogP contribution in [0.1, 0.15) is 61.1 Å². The lowest BCUT2D eigenvalue weighted by molar-refractivity contribution is -0.173. The highest BCUT2D eigenvalue weighted by atomic mass is 32.2. The van der Waals surface area contributed by atoms with E-state index in [1.54, 1.807) is 55.4 Å². The molecule has 3 rings (SSSR count). The van der Waals surface area contributed by atoms with Gasteiger partial charge in [-0.15, -0.1) is 23.1 Å². The maximum atomic E-state index is 13.3. The number of hydrogen-bond donors (Lipinski definition) is 3. The predicted molar refractivity (Wildman–Crippen MR) is 172 cm³/mol. The Bertz CT molecular complexity index is 1460. The number of esters is 2. The van der Waals surface area contributed by atoms with Gasteiger partial charge in [0.15, 0.2) is 10.8 Å². The summed E-state index contributed by atoms with van der Waals surface area (Å²) >= 11 is 2.32. The van der Waals surface area contributed by atoms with Crippen molar-refractivity contribution >= 4 is 69.7 Å². The molecular formula is C29H40N6O10S2. The number of thiazole rings is 1. The molecule has 1 fully saturated rings. The molecule has 3 heterocycles. The van der Waals surface area contributed by atoms with Gasteiger partial charge in [0.05, 0.1) is 5.41 Å². The first-order chi connectivity index (χ1) is 21.8. The number of oxime groups is 1. The maximum absolute atomic E-state index is 13.3. The number of carbonyl (C=O) groups excluding carboxylic acids is 6. The molecule has 0 aliphatic carbocycles. The fourth-order valence-corrected chi connectivity index (χ4v) is 5.95. The second-order valence-electron chi connectivity index (χ2n) is 12.7. The highest BCUT2D eigenvalue weighted by molar-refractivity contribution is 8.00. The molecule has 0 bridgehead atoms. The Balaban J connectivity index is 1.63. The number of anilines is 1. The van der Waals surface area contributed by atoms with Crippen molar-refractivity contribution in [3.05, 3.63) is 22.8 Å². The monoisotopic (exact) mass is 696 g/mol. The molecule has 2 aliphatic heterocycles.